The molecule has 3 aromatic carbocycles. The van der Waals surface area contributed by atoms with Crippen LogP contribution in [0.3, 0.4) is 0 Å². The fourth-order valence-electron chi connectivity index (χ4n) is 3.64. The number of hydrogen-bond donors (Lipinski definition) is 1. The van der Waals surface area contributed by atoms with Gasteiger partial charge < -0.3 is 10.1 Å². The number of benzene rings is 3. The highest BCUT2D eigenvalue weighted by atomic mass is 35.5. The molecule has 1 N–H and O–H groups in total. The summed E-state index contributed by atoms with van der Waals surface area (Å²) in [6.45, 7) is 3.16. The number of hydrogen-bond acceptors (Lipinski definition) is 5. The van der Waals surface area contributed by atoms with Crippen molar-refractivity contribution in [3.63, 3.8) is 0 Å². The van der Waals surface area contributed by atoms with Crippen molar-refractivity contribution in [2.24, 2.45) is 4.99 Å². The molecular weight excluding hydrogens is 494 g/mol. The van der Waals surface area contributed by atoms with E-state index < -0.39 is 5.25 Å². The molecule has 6 nitrogen and oxygen atoms in total. The van der Waals surface area contributed by atoms with Gasteiger partial charge in [-0.15, -0.1) is 0 Å². The van der Waals surface area contributed by atoms with Crippen molar-refractivity contribution in [3.05, 3.63) is 89.4 Å². The lowest BCUT2D eigenvalue weighted by Gasteiger charge is -2.32. The molecule has 2 amide bonds. The number of amides is 2. The standard InChI is InChI=1S/C28H28ClN3O3S/c1-2-18-35-24-14-12-23(13-15-24)30-27(34)25-19-26(33)32(17-16-20-8-10-21(29)11-9-20)28(36-25)31-22-6-4-3-5-7-22/h3-15,25H,2,16-19H2,1H3,(H,30,34). The summed E-state index contributed by atoms with van der Waals surface area (Å²) in [5.41, 5.74) is 2.46. The molecule has 186 valence electrons. The zero-order valence-electron chi connectivity index (χ0n) is 20.0. The first-order chi connectivity index (χ1) is 17.5. The molecule has 3 aromatic rings. The van der Waals surface area contributed by atoms with Gasteiger partial charge in [0.1, 0.15) is 11.0 Å². The lowest BCUT2D eigenvalue weighted by molar-refractivity contribution is -0.129. The second-order valence-corrected chi connectivity index (χ2v) is 9.93. The summed E-state index contributed by atoms with van der Waals surface area (Å²) < 4.78 is 5.60. The maximum Gasteiger partial charge on any atom is 0.238 e. The quantitative estimate of drug-likeness (QED) is 0.357. The van der Waals surface area contributed by atoms with Crippen LogP contribution in [0.1, 0.15) is 25.3 Å². The zero-order chi connectivity index (χ0) is 25.3. The Hall–Kier alpha value is -3.29. The van der Waals surface area contributed by atoms with Crippen molar-refractivity contribution in [2.45, 2.75) is 31.4 Å². The summed E-state index contributed by atoms with van der Waals surface area (Å²) >= 11 is 7.31. The first kappa shape index (κ1) is 25.8. The van der Waals surface area contributed by atoms with Crippen molar-refractivity contribution >= 4 is 51.7 Å². The van der Waals surface area contributed by atoms with E-state index in [1.165, 1.54) is 11.8 Å². The first-order valence-corrected chi connectivity index (χ1v) is 13.2. The van der Waals surface area contributed by atoms with E-state index in [1.807, 2.05) is 73.7 Å². The number of ether oxygens (including phenoxy) is 1. The molecule has 0 saturated carbocycles. The highest BCUT2D eigenvalue weighted by molar-refractivity contribution is 8.15. The van der Waals surface area contributed by atoms with Crippen LogP contribution >= 0.6 is 23.4 Å². The lowest BCUT2D eigenvalue weighted by Crippen LogP contribution is -2.46. The van der Waals surface area contributed by atoms with Crippen molar-refractivity contribution in [1.82, 2.24) is 4.90 Å². The molecule has 0 aliphatic carbocycles. The molecule has 1 saturated heterocycles. The number of aliphatic imine (C=N–C) groups is 1. The number of carbonyl (C=O) groups excluding carboxylic acids is 2. The molecule has 1 fully saturated rings. The minimum Gasteiger partial charge on any atom is -0.494 e. The summed E-state index contributed by atoms with van der Waals surface area (Å²) in [7, 11) is 0. The van der Waals surface area contributed by atoms with Crippen molar-refractivity contribution in [3.8, 4) is 5.75 Å². The van der Waals surface area contributed by atoms with E-state index in [1.54, 1.807) is 17.0 Å². The third kappa shape index (κ3) is 7.12. The van der Waals surface area contributed by atoms with E-state index in [-0.39, 0.29) is 18.2 Å². The Bertz CT molecular complexity index is 1200. The predicted molar refractivity (Wildman–Crippen MR) is 147 cm³/mol. The molecule has 1 unspecified atom stereocenters. The van der Waals surface area contributed by atoms with Gasteiger partial charge in [0.25, 0.3) is 0 Å². The topological polar surface area (TPSA) is 71.0 Å². The van der Waals surface area contributed by atoms with Crippen molar-refractivity contribution in [1.29, 1.82) is 0 Å². The van der Waals surface area contributed by atoms with E-state index in [0.717, 1.165) is 23.4 Å². The largest absolute Gasteiger partial charge is 0.494 e. The van der Waals surface area contributed by atoms with Crippen LogP contribution in [0.15, 0.2) is 83.9 Å². The Kier molecular flexibility index (Phi) is 9.03. The molecule has 0 aromatic heterocycles. The van der Waals surface area contributed by atoms with Gasteiger partial charge in [-0.3, -0.25) is 14.5 Å². The number of rotatable bonds is 9. The maximum atomic E-state index is 13.2. The Morgan fingerprint density at radius 3 is 2.50 bits per heavy atom. The van der Waals surface area contributed by atoms with E-state index >= 15 is 0 Å². The fraction of sp³-hybridized carbons (Fsp3) is 0.250. The van der Waals surface area contributed by atoms with Crippen LogP contribution in [0.25, 0.3) is 0 Å². The van der Waals surface area contributed by atoms with Gasteiger partial charge in [0.05, 0.1) is 12.3 Å². The van der Waals surface area contributed by atoms with Crippen LogP contribution in [0.4, 0.5) is 11.4 Å². The van der Waals surface area contributed by atoms with Gasteiger partial charge in [-0.05, 0) is 66.9 Å². The number of para-hydroxylation sites is 1. The Morgan fingerprint density at radius 1 is 1.08 bits per heavy atom. The number of nitrogens with one attached hydrogen (secondary N) is 1. The Morgan fingerprint density at radius 2 is 1.81 bits per heavy atom. The minimum absolute atomic E-state index is 0.0998. The molecule has 8 heteroatoms. The maximum absolute atomic E-state index is 13.2. The first-order valence-electron chi connectivity index (χ1n) is 11.9. The van der Waals surface area contributed by atoms with Crippen molar-refractivity contribution < 1.29 is 14.3 Å². The second kappa shape index (κ2) is 12.6. The van der Waals surface area contributed by atoms with Crippen LogP contribution in [-0.2, 0) is 16.0 Å². The molecule has 36 heavy (non-hydrogen) atoms. The van der Waals surface area contributed by atoms with Gasteiger partial charge in [0, 0.05) is 23.7 Å². The minimum atomic E-state index is -0.581. The summed E-state index contributed by atoms with van der Waals surface area (Å²) in [6.07, 6.45) is 1.68. The SMILES string of the molecule is CCCOc1ccc(NC(=O)C2CC(=O)N(CCc3ccc(Cl)cc3)C(=Nc3ccccc3)S2)cc1. The smallest absolute Gasteiger partial charge is 0.238 e. The van der Waals surface area contributed by atoms with Gasteiger partial charge >= 0.3 is 0 Å². The fourth-order valence-corrected chi connectivity index (χ4v) is 4.89. The highest BCUT2D eigenvalue weighted by Crippen LogP contribution is 2.30. The van der Waals surface area contributed by atoms with Crippen LogP contribution < -0.4 is 10.1 Å². The van der Waals surface area contributed by atoms with E-state index in [0.29, 0.717) is 35.5 Å². The Labute approximate surface area is 220 Å². The molecule has 4 rings (SSSR count). The molecule has 1 aliphatic heterocycles. The number of halogens is 1. The third-order valence-electron chi connectivity index (χ3n) is 5.55. The van der Waals surface area contributed by atoms with E-state index in [2.05, 4.69) is 5.32 Å². The molecule has 0 spiro atoms. The normalized spacial score (nSPS) is 16.7. The van der Waals surface area contributed by atoms with Gasteiger partial charge in [0.15, 0.2) is 5.17 Å². The van der Waals surface area contributed by atoms with Crippen LogP contribution in [0.5, 0.6) is 5.75 Å². The molecule has 0 bridgehead atoms. The second-order valence-electron chi connectivity index (χ2n) is 8.32. The van der Waals surface area contributed by atoms with E-state index in [9.17, 15) is 9.59 Å². The van der Waals surface area contributed by atoms with Gasteiger partial charge in [-0.25, -0.2) is 4.99 Å². The number of thioether (sulfide) groups is 1. The van der Waals surface area contributed by atoms with Crippen LogP contribution in [0.2, 0.25) is 5.02 Å². The summed E-state index contributed by atoms with van der Waals surface area (Å²) in [4.78, 5) is 32.7. The van der Waals surface area contributed by atoms with Gasteiger partial charge in [0.2, 0.25) is 11.8 Å². The molecular formula is C28H28ClN3O3S. The zero-order valence-corrected chi connectivity index (χ0v) is 21.6. The summed E-state index contributed by atoms with van der Waals surface area (Å²) in [5.74, 6) is 0.403. The molecule has 1 heterocycles. The van der Waals surface area contributed by atoms with Crippen LogP contribution in [-0.4, -0.2) is 40.3 Å². The Balaban J connectivity index is 1.47. The number of anilines is 1. The summed E-state index contributed by atoms with van der Waals surface area (Å²) in [6, 6.07) is 24.3. The number of carbonyl (C=O) groups is 2. The predicted octanol–water partition coefficient (Wildman–Crippen LogP) is 6.33. The average Bonchev–Trinajstić information content (AvgIpc) is 2.89. The molecule has 0 radical (unpaired) electrons. The number of nitrogens with zero attached hydrogens (tertiary/aromatic N) is 2. The van der Waals surface area contributed by atoms with Crippen molar-refractivity contribution in [2.75, 3.05) is 18.5 Å². The lowest BCUT2D eigenvalue weighted by atomic mass is 10.1. The summed E-state index contributed by atoms with van der Waals surface area (Å²) in [5, 5.41) is 3.54. The van der Waals surface area contributed by atoms with Gasteiger partial charge in [-0.1, -0.05) is 60.6 Å². The molecule has 1 aliphatic rings. The van der Waals surface area contributed by atoms with Crippen LogP contribution in [0, 0.1) is 0 Å². The monoisotopic (exact) mass is 521 g/mol. The third-order valence-corrected chi connectivity index (χ3v) is 6.98. The molecule has 1 atom stereocenters. The highest BCUT2D eigenvalue weighted by Gasteiger charge is 2.35. The van der Waals surface area contributed by atoms with E-state index in [4.69, 9.17) is 21.3 Å². The van der Waals surface area contributed by atoms with Gasteiger partial charge in [-0.2, -0.15) is 0 Å². The number of amidine groups is 1. The average molecular weight is 522 g/mol.